The molecule has 3 nitrogen and oxygen atoms in total. The third kappa shape index (κ3) is 1.83. The highest BCUT2D eigenvalue weighted by Crippen LogP contribution is 2.48. The number of amides is 1. The lowest BCUT2D eigenvalue weighted by molar-refractivity contribution is -0.131. The number of aryl methyl sites for hydroxylation is 1. The molecule has 104 valence electrons. The van der Waals surface area contributed by atoms with E-state index in [1.165, 1.54) is 5.56 Å². The molecule has 1 aliphatic carbocycles. The Kier molecular flexibility index (Phi) is 3.05. The van der Waals surface area contributed by atoms with E-state index in [9.17, 15) is 10.1 Å². The van der Waals surface area contributed by atoms with Crippen LogP contribution in [0.15, 0.2) is 24.3 Å². The molecular weight excluding hydrogens is 248 g/mol. The monoisotopic (exact) mass is 268 g/mol. The number of fused-ring (bicyclic) bond motifs is 1. The van der Waals surface area contributed by atoms with Crippen LogP contribution in [0.25, 0.3) is 0 Å². The minimum Gasteiger partial charge on any atom is -0.308 e. The highest BCUT2D eigenvalue weighted by Gasteiger charge is 2.52. The van der Waals surface area contributed by atoms with Gasteiger partial charge in [0.1, 0.15) is 5.41 Å². The minimum atomic E-state index is -0.780. The lowest BCUT2D eigenvalue weighted by Crippen LogP contribution is -2.54. The molecule has 1 amide bonds. The molecule has 1 fully saturated rings. The first-order valence-electron chi connectivity index (χ1n) is 7.40. The number of nitrogens with zero attached hydrogens (tertiary/aromatic N) is 2. The standard InChI is InChI=1S/C17H20N2O/c1-12-9-17(10-12,11-18)16(20)19-13(2)7-8-14-5-3-4-6-15(14)19/h3-6,12-13H,7-10H2,1-2H3. The second-order valence-corrected chi connectivity index (χ2v) is 6.40. The fourth-order valence-electron chi connectivity index (χ4n) is 3.67. The molecule has 0 spiro atoms. The van der Waals surface area contributed by atoms with Crippen molar-refractivity contribution in [2.75, 3.05) is 4.90 Å². The normalized spacial score (nSPS) is 31.9. The van der Waals surface area contributed by atoms with E-state index in [4.69, 9.17) is 0 Å². The van der Waals surface area contributed by atoms with Gasteiger partial charge in [0.05, 0.1) is 6.07 Å². The maximum atomic E-state index is 13.0. The SMILES string of the molecule is CC1CC(C#N)(C(=O)N2c3ccccc3CCC2C)C1. The first-order valence-corrected chi connectivity index (χ1v) is 7.40. The molecule has 1 heterocycles. The molecule has 20 heavy (non-hydrogen) atoms. The summed E-state index contributed by atoms with van der Waals surface area (Å²) in [5.41, 5.74) is 1.45. The minimum absolute atomic E-state index is 0.0118. The van der Waals surface area contributed by atoms with Crippen LogP contribution in [-0.4, -0.2) is 11.9 Å². The number of carbonyl (C=O) groups is 1. The predicted octanol–water partition coefficient (Wildman–Crippen LogP) is 3.29. The first kappa shape index (κ1) is 13.2. The molecule has 3 heteroatoms. The fraction of sp³-hybridized carbons (Fsp3) is 0.529. The molecule has 0 aromatic heterocycles. The maximum absolute atomic E-state index is 13.0. The molecule has 0 radical (unpaired) electrons. The summed E-state index contributed by atoms with van der Waals surface area (Å²) in [6.07, 6.45) is 3.39. The Bertz CT molecular complexity index is 581. The Hall–Kier alpha value is -1.82. The number of rotatable bonds is 1. The Balaban J connectivity index is 1.97. The van der Waals surface area contributed by atoms with Gasteiger partial charge in [-0.15, -0.1) is 0 Å². The van der Waals surface area contributed by atoms with Gasteiger partial charge in [0.2, 0.25) is 5.91 Å². The summed E-state index contributed by atoms with van der Waals surface area (Å²) < 4.78 is 0. The summed E-state index contributed by atoms with van der Waals surface area (Å²) in [6.45, 7) is 4.19. The predicted molar refractivity (Wildman–Crippen MR) is 78.2 cm³/mol. The third-order valence-electron chi connectivity index (χ3n) is 4.76. The van der Waals surface area contributed by atoms with Crippen molar-refractivity contribution in [2.24, 2.45) is 11.3 Å². The van der Waals surface area contributed by atoms with Gasteiger partial charge in [-0.25, -0.2) is 0 Å². The Labute approximate surface area is 120 Å². The van der Waals surface area contributed by atoms with E-state index in [1.807, 2.05) is 23.1 Å². The van der Waals surface area contributed by atoms with Crippen molar-refractivity contribution in [2.45, 2.75) is 45.6 Å². The second kappa shape index (κ2) is 4.63. The van der Waals surface area contributed by atoms with E-state index >= 15 is 0 Å². The van der Waals surface area contributed by atoms with Gasteiger partial charge in [-0.1, -0.05) is 25.1 Å². The zero-order valence-corrected chi connectivity index (χ0v) is 12.1. The molecule has 3 rings (SSSR count). The van der Waals surface area contributed by atoms with Crippen molar-refractivity contribution >= 4 is 11.6 Å². The number of nitriles is 1. The van der Waals surface area contributed by atoms with Crippen LogP contribution in [0.3, 0.4) is 0 Å². The van der Waals surface area contributed by atoms with E-state index in [-0.39, 0.29) is 11.9 Å². The topological polar surface area (TPSA) is 44.1 Å². The Morgan fingerprint density at radius 1 is 1.35 bits per heavy atom. The van der Waals surface area contributed by atoms with Crippen LogP contribution >= 0.6 is 0 Å². The van der Waals surface area contributed by atoms with E-state index < -0.39 is 5.41 Å². The highest BCUT2D eigenvalue weighted by molar-refractivity contribution is 6.01. The zero-order valence-electron chi connectivity index (χ0n) is 12.1. The van der Waals surface area contributed by atoms with Gasteiger partial charge in [0.25, 0.3) is 0 Å². The van der Waals surface area contributed by atoms with Crippen molar-refractivity contribution in [1.82, 2.24) is 0 Å². The Morgan fingerprint density at radius 2 is 2.05 bits per heavy atom. The van der Waals surface area contributed by atoms with Crippen molar-refractivity contribution < 1.29 is 4.79 Å². The van der Waals surface area contributed by atoms with Gasteiger partial charge < -0.3 is 4.90 Å². The van der Waals surface area contributed by atoms with Gasteiger partial charge in [0.15, 0.2) is 0 Å². The van der Waals surface area contributed by atoms with Crippen LogP contribution < -0.4 is 4.90 Å². The molecule has 0 bridgehead atoms. The summed E-state index contributed by atoms with van der Waals surface area (Å²) >= 11 is 0. The summed E-state index contributed by atoms with van der Waals surface area (Å²) in [5, 5.41) is 9.49. The van der Waals surface area contributed by atoms with Crippen molar-refractivity contribution in [1.29, 1.82) is 5.26 Å². The van der Waals surface area contributed by atoms with E-state index in [0.717, 1.165) is 18.5 Å². The van der Waals surface area contributed by atoms with Crippen LogP contribution in [0.2, 0.25) is 0 Å². The first-order chi connectivity index (χ1) is 9.57. The van der Waals surface area contributed by atoms with Crippen LogP contribution in [0.4, 0.5) is 5.69 Å². The van der Waals surface area contributed by atoms with Crippen LogP contribution in [0.5, 0.6) is 0 Å². The largest absolute Gasteiger partial charge is 0.308 e. The lowest BCUT2D eigenvalue weighted by atomic mass is 9.62. The number of hydrogen-bond acceptors (Lipinski definition) is 2. The quantitative estimate of drug-likeness (QED) is 0.784. The molecule has 2 aliphatic rings. The van der Waals surface area contributed by atoms with Crippen molar-refractivity contribution in [3.63, 3.8) is 0 Å². The molecule has 1 atom stereocenters. The maximum Gasteiger partial charge on any atom is 0.247 e. The van der Waals surface area contributed by atoms with E-state index in [2.05, 4.69) is 26.0 Å². The summed E-state index contributed by atoms with van der Waals surface area (Å²) in [6, 6.07) is 10.6. The number of carbonyl (C=O) groups excluding carboxylic acids is 1. The van der Waals surface area contributed by atoms with E-state index in [1.54, 1.807) is 0 Å². The van der Waals surface area contributed by atoms with Gasteiger partial charge in [-0.2, -0.15) is 5.26 Å². The third-order valence-corrected chi connectivity index (χ3v) is 4.76. The molecular formula is C17H20N2O. The lowest BCUT2D eigenvalue weighted by Gasteiger charge is -2.45. The molecule has 1 aromatic carbocycles. The van der Waals surface area contributed by atoms with Crippen LogP contribution in [0, 0.1) is 22.7 Å². The van der Waals surface area contributed by atoms with Crippen molar-refractivity contribution in [3.8, 4) is 6.07 Å². The molecule has 0 saturated heterocycles. The number of para-hydroxylation sites is 1. The number of anilines is 1. The van der Waals surface area contributed by atoms with Gasteiger partial charge in [-0.3, -0.25) is 4.79 Å². The Morgan fingerprint density at radius 3 is 2.70 bits per heavy atom. The number of benzene rings is 1. The van der Waals surface area contributed by atoms with Gasteiger partial charge in [0, 0.05) is 11.7 Å². The van der Waals surface area contributed by atoms with Gasteiger partial charge >= 0.3 is 0 Å². The van der Waals surface area contributed by atoms with Crippen molar-refractivity contribution in [3.05, 3.63) is 29.8 Å². The van der Waals surface area contributed by atoms with Gasteiger partial charge in [-0.05, 0) is 50.2 Å². The average Bonchev–Trinajstić information content (AvgIpc) is 2.43. The highest BCUT2D eigenvalue weighted by atomic mass is 16.2. The molecule has 1 aromatic rings. The smallest absolute Gasteiger partial charge is 0.247 e. The van der Waals surface area contributed by atoms with Crippen LogP contribution in [0.1, 0.15) is 38.7 Å². The summed E-state index contributed by atoms with van der Waals surface area (Å²) in [5.74, 6) is 0.492. The van der Waals surface area contributed by atoms with Crippen LogP contribution in [-0.2, 0) is 11.2 Å². The molecule has 1 unspecified atom stereocenters. The summed E-state index contributed by atoms with van der Waals surface area (Å²) in [4.78, 5) is 14.8. The second-order valence-electron chi connectivity index (χ2n) is 6.40. The molecule has 0 N–H and O–H groups in total. The van der Waals surface area contributed by atoms with E-state index in [0.29, 0.717) is 18.8 Å². The fourth-order valence-corrected chi connectivity index (χ4v) is 3.67. The average molecular weight is 268 g/mol. The molecule has 1 aliphatic heterocycles. The summed E-state index contributed by atoms with van der Waals surface area (Å²) in [7, 11) is 0. The zero-order chi connectivity index (χ0) is 14.3. The number of hydrogen-bond donors (Lipinski definition) is 0. The molecule has 1 saturated carbocycles.